The highest BCUT2D eigenvalue weighted by molar-refractivity contribution is 6.37. The number of amides is 2. The van der Waals surface area contributed by atoms with Crippen molar-refractivity contribution < 1.29 is 19.1 Å². The summed E-state index contributed by atoms with van der Waals surface area (Å²) in [5, 5.41) is 6.28. The molecule has 0 saturated heterocycles. The number of methoxy groups -OCH3 is 1. The highest BCUT2D eigenvalue weighted by Gasteiger charge is 2.29. The number of carbonyl (C=O) groups excluding carboxylic acids is 3. The predicted octanol–water partition coefficient (Wildman–Crippen LogP) is 5.80. The molecule has 0 fully saturated rings. The molecule has 0 aliphatic carbocycles. The van der Waals surface area contributed by atoms with Crippen LogP contribution in [-0.4, -0.2) is 31.9 Å². The third-order valence-electron chi connectivity index (χ3n) is 6.08. The van der Waals surface area contributed by atoms with Crippen molar-refractivity contribution in [3.63, 3.8) is 0 Å². The summed E-state index contributed by atoms with van der Waals surface area (Å²) in [7, 11) is 3.09. The molecular weight excluding hydrogens is 466 g/mol. The molecule has 2 N–H and O–H groups in total. The van der Waals surface area contributed by atoms with Crippen molar-refractivity contribution in [1.29, 1.82) is 0 Å². The van der Waals surface area contributed by atoms with Crippen LogP contribution in [0.25, 0.3) is 11.3 Å². The number of fused-ring (bicyclic) bond motifs is 1. The summed E-state index contributed by atoms with van der Waals surface area (Å²) in [5.74, 6) is -0.694. The van der Waals surface area contributed by atoms with Crippen LogP contribution in [0.15, 0.2) is 72.8 Å². The van der Waals surface area contributed by atoms with Gasteiger partial charge in [0.2, 0.25) is 5.91 Å². The molecule has 0 saturated carbocycles. The highest BCUT2D eigenvalue weighted by atomic mass is 16.5. The zero-order chi connectivity index (χ0) is 26.7. The molecule has 37 heavy (non-hydrogen) atoms. The van der Waals surface area contributed by atoms with E-state index in [9.17, 15) is 14.4 Å². The molecule has 0 atom stereocenters. The number of nitrogens with one attached hydrogen (secondary N) is 2. The van der Waals surface area contributed by atoms with Crippen molar-refractivity contribution in [3.05, 3.63) is 89.5 Å². The lowest BCUT2D eigenvalue weighted by Gasteiger charge is -2.23. The number of ether oxygens (including phenoxy) is 1. The lowest BCUT2D eigenvalue weighted by atomic mass is 9.91. The van der Waals surface area contributed by atoms with Gasteiger partial charge in [-0.2, -0.15) is 0 Å². The summed E-state index contributed by atoms with van der Waals surface area (Å²) in [6.45, 7) is 6.12. The molecule has 3 aromatic carbocycles. The topological polar surface area (TPSA) is 87.7 Å². The smallest absolute Gasteiger partial charge is 0.337 e. The van der Waals surface area contributed by atoms with Gasteiger partial charge < -0.3 is 20.3 Å². The van der Waals surface area contributed by atoms with E-state index in [-0.39, 0.29) is 17.2 Å². The van der Waals surface area contributed by atoms with E-state index in [1.807, 2.05) is 75.4 Å². The van der Waals surface area contributed by atoms with Crippen molar-refractivity contribution >= 4 is 46.1 Å². The van der Waals surface area contributed by atoms with Crippen molar-refractivity contribution in [1.82, 2.24) is 0 Å². The van der Waals surface area contributed by atoms with Crippen LogP contribution in [0.1, 0.15) is 48.7 Å². The lowest BCUT2D eigenvalue weighted by Crippen LogP contribution is -2.29. The summed E-state index contributed by atoms with van der Waals surface area (Å²) >= 11 is 0. The molecule has 190 valence electrons. The van der Waals surface area contributed by atoms with Gasteiger partial charge in [-0.1, -0.05) is 57.2 Å². The number of hydrogen-bond acceptors (Lipinski definition) is 5. The zero-order valence-electron chi connectivity index (χ0n) is 21.7. The fourth-order valence-corrected chi connectivity index (χ4v) is 4.18. The molecule has 2 amide bonds. The average Bonchev–Trinajstić information content (AvgIpc) is 3.20. The Balaban J connectivity index is 1.70. The number of carbonyl (C=O) groups is 3. The molecule has 0 radical (unpaired) electrons. The monoisotopic (exact) mass is 497 g/mol. The van der Waals surface area contributed by atoms with E-state index in [1.165, 1.54) is 7.11 Å². The van der Waals surface area contributed by atoms with Gasteiger partial charge >= 0.3 is 5.97 Å². The standard InChI is InChI=1S/C30H31N3O4/c1-30(2,3)18-25(34)33(4)22-14-12-21(13-15-22)31-27(19-9-7-6-8-10-19)26-23-16-11-20(29(36)37-5)17-24(23)32-28(26)35/h6-17,31H,18H2,1-5H3,(H,32,35)/b27-26-. The second kappa shape index (κ2) is 10.3. The summed E-state index contributed by atoms with van der Waals surface area (Å²) in [6.07, 6.45) is 0.444. The maximum atomic E-state index is 13.2. The molecule has 0 spiro atoms. The van der Waals surface area contributed by atoms with Crippen LogP contribution in [0, 0.1) is 5.41 Å². The van der Waals surface area contributed by atoms with Gasteiger partial charge in [-0.3, -0.25) is 9.59 Å². The van der Waals surface area contributed by atoms with Gasteiger partial charge in [-0.05, 0) is 47.4 Å². The second-order valence-corrected chi connectivity index (χ2v) is 10.2. The largest absolute Gasteiger partial charge is 0.465 e. The third kappa shape index (κ3) is 5.72. The minimum atomic E-state index is -0.470. The summed E-state index contributed by atoms with van der Waals surface area (Å²) in [6, 6.07) is 22.1. The van der Waals surface area contributed by atoms with Gasteiger partial charge in [0.1, 0.15) is 0 Å². The van der Waals surface area contributed by atoms with Crippen LogP contribution in [-0.2, 0) is 14.3 Å². The summed E-state index contributed by atoms with van der Waals surface area (Å²) in [4.78, 5) is 39.4. The van der Waals surface area contributed by atoms with Gasteiger partial charge in [-0.25, -0.2) is 4.79 Å². The fourth-order valence-electron chi connectivity index (χ4n) is 4.18. The summed E-state index contributed by atoms with van der Waals surface area (Å²) < 4.78 is 4.81. The van der Waals surface area contributed by atoms with Crippen LogP contribution in [0.3, 0.4) is 0 Å². The number of anilines is 3. The van der Waals surface area contributed by atoms with Gasteiger partial charge in [0.05, 0.1) is 29.6 Å². The third-order valence-corrected chi connectivity index (χ3v) is 6.08. The Labute approximate surface area is 217 Å². The molecule has 0 bridgehead atoms. The maximum Gasteiger partial charge on any atom is 0.337 e. The van der Waals surface area contributed by atoms with Gasteiger partial charge in [0, 0.05) is 30.4 Å². The first-order valence-electron chi connectivity index (χ1n) is 12.0. The van der Waals surface area contributed by atoms with Gasteiger partial charge in [0.25, 0.3) is 5.91 Å². The predicted molar refractivity (Wildman–Crippen MR) is 147 cm³/mol. The minimum Gasteiger partial charge on any atom is -0.465 e. The first-order chi connectivity index (χ1) is 17.6. The number of rotatable bonds is 6. The molecule has 0 unspecified atom stereocenters. The van der Waals surface area contributed by atoms with Crippen LogP contribution in [0.4, 0.5) is 17.1 Å². The number of nitrogens with zero attached hydrogens (tertiary/aromatic N) is 1. The van der Waals surface area contributed by atoms with Crippen molar-refractivity contribution in [3.8, 4) is 0 Å². The van der Waals surface area contributed by atoms with E-state index < -0.39 is 5.97 Å². The molecule has 7 nitrogen and oxygen atoms in total. The molecule has 3 aromatic rings. The first-order valence-corrected chi connectivity index (χ1v) is 12.0. The van der Waals surface area contributed by atoms with Crippen LogP contribution in [0.5, 0.6) is 0 Å². The second-order valence-electron chi connectivity index (χ2n) is 10.2. The Morgan fingerprint density at radius 3 is 2.24 bits per heavy atom. The molecular formula is C30H31N3O4. The van der Waals surface area contributed by atoms with E-state index in [2.05, 4.69) is 10.6 Å². The Bertz CT molecular complexity index is 1370. The highest BCUT2D eigenvalue weighted by Crippen LogP contribution is 2.38. The van der Waals surface area contributed by atoms with E-state index >= 15 is 0 Å². The number of esters is 1. The molecule has 0 aromatic heterocycles. The van der Waals surface area contributed by atoms with E-state index in [0.717, 1.165) is 16.9 Å². The SMILES string of the molecule is COC(=O)c1ccc2c(c1)NC(=O)/C2=C(\Nc1ccc(N(C)C(=O)CC(C)(C)C)cc1)c1ccccc1. The number of hydrogen-bond donors (Lipinski definition) is 2. The Hall–Kier alpha value is -4.39. The first kappa shape index (κ1) is 25.7. The normalized spacial score (nSPS) is 13.9. The van der Waals surface area contributed by atoms with Crippen molar-refractivity contribution in [2.24, 2.45) is 5.41 Å². The summed E-state index contributed by atoms with van der Waals surface area (Å²) in [5.41, 5.74) is 4.98. The lowest BCUT2D eigenvalue weighted by molar-refractivity contribution is -0.120. The molecule has 1 aliphatic heterocycles. The Morgan fingerprint density at radius 1 is 0.946 bits per heavy atom. The molecule has 1 heterocycles. The van der Waals surface area contributed by atoms with Gasteiger partial charge in [-0.15, -0.1) is 0 Å². The van der Waals surface area contributed by atoms with Crippen molar-refractivity contribution in [2.45, 2.75) is 27.2 Å². The Morgan fingerprint density at radius 2 is 1.62 bits per heavy atom. The fraction of sp³-hybridized carbons (Fsp3) is 0.233. The van der Waals surface area contributed by atoms with Crippen LogP contribution < -0.4 is 15.5 Å². The van der Waals surface area contributed by atoms with Crippen molar-refractivity contribution in [2.75, 3.05) is 29.7 Å². The molecule has 7 heteroatoms. The molecule has 4 rings (SSSR count). The average molecular weight is 498 g/mol. The van der Waals surface area contributed by atoms with Crippen LogP contribution >= 0.6 is 0 Å². The molecule has 1 aliphatic rings. The quantitative estimate of drug-likeness (QED) is 0.332. The zero-order valence-corrected chi connectivity index (χ0v) is 21.7. The van der Waals surface area contributed by atoms with Crippen LogP contribution in [0.2, 0.25) is 0 Å². The van der Waals surface area contributed by atoms with E-state index in [4.69, 9.17) is 4.74 Å². The van der Waals surface area contributed by atoms with Gasteiger partial charge in [0.15, 0.2) is 0 Å². The minimum absolute atomic E-state index is 0.0471. The van der Waals surface area contributed by atoms with E-state index in [0.29, 0.717) is 34.5 Å². The van der Waals surface area contributed by atoms with E-state index in [1.54, 1.807) is 30.1 Å². The Kier molecular flexibility index (Phi) is 7.16. The number of benzene rings is 3. The maximum absolute atomic E-state index is 13.2.